The van der Waals surface area contributed by atoms with Gasteiger partial charge in [-0.2, -0.15) is 5.26 Å². The zero-order valence-electron chi connectivity index (χ0n) is 7.13. The van der Waals surface area contributed by atoms with Crippen LogP contribution in [0.15, 0.2) is 12.7 Å². The normalized spacial score (nSPS) is 11.3. The molecule has 1 amide bonds. The number of nitriles is 1. The van der Waals surface area contributed by atoms with Gasteiger partial charge < -0.3 is 10.6 Å². The van der Waals surface area contributed by atoms with Crippen LogP contribution in [0.1, 0.15) is 0 Å². The molecule has 0 saturated carbocycles. The van der Waals surface area contributed by atoms with Gasteiger partial charge in [-0.25, -0.2) is 0 Å². The van der Waals surface area contributed by atoms with Crippen LogP contribution in [0.4, 0.5) is 0 Å². The standard InChI is InChI=1S/C8H13N3O/c1-3-4-11-8(12)7(5-9)6-10-2/h3,7,10H,1,4,6H2,2H3,(H,11,12). The molecule has 0 radical (unpaired) electrons. The minimum Gasteiger partial charge on any atom is -0.351 e. The summed E-state index contributed by atoms with van der Waals surface area (Å²) in [5.74, 6) is -0.873. The molecule has 0 aliphatic rings. The second-order valence-electron chi connectivity index (χ2n) is 2.27. The molecule has 0 aromatic carbocycles. The lowest BCUT2D eigenvalue weighted by molar-refractivity contribution is -0.123. The molecule has 0 fully saturated rings. The van der Waals surface area contributed by atoms with E-state index in [1.165, 1.54) is 0 Å². The minimum atomic E-state index is -0.616. The zero-order valence-corrected chi connectivity index (χ0v) is 7.13. The number of amides is 1. The van der Waals surface area contributed by atoms with E-state index in [1.54, 1.807) is 13.1 Å². The fourth-order valence-corrected chi connectivity index (χ4v) is 0.697. The second kappa shape index (κ2) is 6.38. The van der Waals surface area contributed by atoms with Gasteiger partial charge in [0.05, 0.1) is 6.07 Å². The van der Waals surface area contributed by atoms with Gasteiger partial charge in [-0.05, 0) is 7.05 Å². The van der Waals surface area contributed by atoms with Crippen molar-refractivity contribution < 1.29 is 4.79 Å². The Kier molecular flexibility index (Phi) is 5.66. The molecule has 0 saturated heterocycles. The summed E-state index contributed by atoms with van der Waals surface area (Å²) in [5.41, 5.74) is 0. The van der Waals surface area contributed by atoms with Crippen molar-refractivity contribution in [1.29, 1.82) is 5.26 Å². The quantitative estimate of drug-likeness (QED) is 0.550. The summed E-state index contributed by atoms with van der Waals surface area (Å²) in [4.78, 5) is 11.1. The third-order valence-corrected chi connectivity index (χ3v) is 1.30. The van der Waals surface area contributed by atoms with E-state index >= 15 is 0 Å². The second-order valence-corrected chi connectivity index (χ2v) is 2.27. The highest BCUT2D eigenvalue weighted by atomic mass is 16.1. The molecule has 0 aliphatic carbocycles. The highest BCUT2D eigenvalue weighted by molar-refractivity contribution is 5.81. The van der Waals surface area contributed by atoms with Gasteiger partial charge in [0, 0.05) is 13.1 Å². The maximum atomic E-state index is 11.1. The Bertz CT molecular complexity index is 195. The van der Waals surface area contributed by atoms with E-state index in [-0.39, 0.29) is 5.91 Å². The first-order valence-corrected chi connectivity index (χ1v) is 3.69. The van der Waals surface area contributed by atoms with Gasteiger partial charge in [-0.3, -0.25) is 4.79 Å². The number of nitrogens with zero attached hydrogens (tertiary/aromatic N) is 1. The van der Waals surface area contributed by atoms with Gasteiger partial charge in [-0.15, -0.1) is 6.58 Å². The van der Waals surface area contributed by atoms with E-state index in [9.17, 15) is 4.79 Å². The van der Waals surface area contributed by atoms with Gasteiger partial charge in [0.2, 0.25) is 5.91 Å². The van der Waals surface area contributed by atoms with Crippen molar-refractivity contribution in [1.82, 2.24) is 10.6 Å². The maximum Gasteiger partial charge on any atom is 0.238 e. The van der Waals surface area contributed by atoms with E-state index in [0.29, 0.717) is 13.1 Å². The lowest BCUT2D eigenvalue weighted by Crippen LogP contribution is -2.35. The van der Waals surface area contributed by atoms with E-state index in [0.717, 1.165) is 0 Å². The van der Waals surface area contributed by atoms with Crippen LogP contribution >= 0.6 is 0 Å². The van der Waals surface area contributed by atoms with Crippen LogP contribution in [-0.4, -0.2) is 26.0 Å². The van der Waals surface area contributed by atoms with Gasteiger partial charge in [0.25, 0.3) is 0 Å². The van der Waals surface area contributed by atoms with E-state index in [4.69, 9.17) is 5.26 Å². The lowest BCUT2D eigenvalue weighted by Gasteiger charge is -2.07. The fraction of sp³-hybridized carbons (Fsp3) is 0.500. The average molecular weight is 167 g/mol. The van der Waals surface area contributed by atoms with Gasteiger partial charge in [0.15, 0.2) is 0 Å². The summed E-state index contributed by atoms with van der Waals surface area (Å²) in [6.45, 7) is 4.23. The molecule has 0 rings (SSSR count). The lowest BCUT2D eigenvalue weighted by atomic mass is 10.1. The Hall–Kier alpha value is -1.34. The number of rotatable bonds is 5. The molecule has 4 nitrogen and oxygen atoms in total. The molecule has 4 heteroatoms. The summed E-state index contributed by atoms with van der Waals surface area (Å²) in [6.07, 6.45) is 1.58. The monoisotopic (exact) mass is 167 g/mol. The van der Waals surface area contributed by atoms with Crippen molar-refractivity contribution in [2.75, 3.05) is 20.1 Å². The molecular formula is C8H13N3O. The van der Waals surface area contributed by atoms with Crippen molar-refractivity contribution in [3.05, 3.63) is 12.7 Å². The molecule has 66 valence electrons. The number of nitrogens with one attached hydrogen (secondary N) is 2. The molecule has 1 atom stereocenters. The number of hydrogen-bond acceptors (Lipinski definition) is 3. The molecule has 0 aromatic rings. The van der Waals surface area contributed by atoms with Crippen LogP contribution in [0.5, 0.6) is 0 Å². The van der Waals surface area contributed by atoms with Crippen LogP contribution < -0.4 is 10.6 Å². The van der Waals surface area contributed by atoms with Gasteiger partial charge in [-0.1, -0.05) is 6.08 Å². The largest absolute Gasteiger partial charge is 0.351 e. The Morgan fingerprint density at radius 3 is 2.92 bits per heavy atom. The van der Waals surface area contributed by atoms with Gasteiger partial charge in [0.1, 0.15) is 5.92 Å². The molecule has 0 aliphatic heterocycles. The first kappa shape index (κ1) is 10.7. The summed E-state index contributed by atoms with van der Waals surface area (Å²) in [6, 6.07) is 1.90. The topological polar surface area (TPSA) is 64.9 Å². The Morgan fingerprint density at radius 1 is 1.83 bits per heavy atom. The minimum absolute atomic E-state index is 0.258. The Balaban J connectivity index is 3.87. The summed E-state index contributed by atoms with van der Waals surface area (Å²) >= 11 is 0. The van der Waals surface area contributed by atoms with Crippen molar-refractivity contribution in [2.45, 2.75) is 0 Å². The first-order chi connectivity index (χ1) is 5.76. The molecule has 0 heterocycles. The zero-order chi connectivity index (χ0) is 9.40. The number of carbonyl (C=O) groups is 1. The Labute approximate surface area is 72.3 Å². The van der Waals surface area contributed by atoms with E-state index < -0.39 is 5.92 Å². The summed E-state index contributed by atoms with van der Waals surface area (Å²) in [7, 11) is 1.70. The molecule has 0 bridgehead atoms. The van der Waals surface area contributed by atoms with Crippen LogP contribution in [0.2, 0.25) is 0 Å². The number of carbonyl (C=O) groups excluding carboxylic acids is 1. The van der Waals surface area contributed by atoms with Crippen molar-refractivity contribution in [3.8, 4) is 6.07 Å². The summed E-state index contributed by atoms with van der Waals surface area (Å²) in [5, 5.41) is 13.9. The third kappa shape index (κ3) is 3.74. The average Bonchev–Trinajstić information content (AvgIpc) is 2.10. The predicted molar refractivity (Wildman–Crippen MR) is 46.2 cm³/mol. The van der Waals surface area contributed by atoms with Gasteiger partial charge >= 0.3 is 0 Å². The number of hydrogen-bond donors (Lipinski definition) is 2. The van der Waals surface area contributed by atoms with Crippen molar-refractivity contribution in [3.63, 3.8) is 0 Å². The molecule has 12 heavy (non-hydrogen) atoms. The van der Waals surface area contributed by atoms with Crippen LogP contribution in [0.3, 0.4) is 0 Å². The first-order valence-electron chi connectivity index (χ1n) is 3.69. The SMILES string of the molecule is C=CCNC(=O)C(C#N)CNC. The molecule has 2 N–H and O–H groups in total. The maximum absolute atomic E-state index is 11.1. The summed E-state index contributed by atoms with van der Waals surface area (Å²) < 4.78 is 0. The molecule has 1 unspecified atom stereocenters. The Morgan fingerprint density at radius 2 is 2.50 bits per heavy atom. The highest BCUT2D eigenvalue weighted by Gasteiger charge is 2.14. The van der Waals surface area contributed by atoms with E-state index in [1.807, 2.05) is 6.07 Å². The van der Waals surface area contributed by atoms with Crippen LogP contribution in [-0.2, 0) is 4.79 Å². The van der Waals surface area contributed by atoms with E-state index in [2.05, 4.69) is 17.2 Å². The fourth-order valence-electron chi connectivity index (χ4n) is 0.697. The van der Waals surface area contributed by atoms with Crippen molar-refractivity contribution in [2.24, 2.45) is 5.92 Å². The smallest absolute Gasteiger partial charge is 0.238 e. The third-order valence-electron chi connectivity index (χ3n) is 1.30. The predicted octanol–water partition coefficient (Wildman–Crippen LogP) is -0.352. The highest BCUT2D eigenvalue weighted by Crippen LogP contribution is 1.91. The van der Waals surface area contributed by atoms with Crippen LogP contribution in [0, 0.1) is 17.2 Å². The molecular weight excluding hydrogens is 154 g/mol. The molecule has 0 aromatic heterocycles. The van der Waals surface area contributed by atoms with Crippen molar-refractivity contribution >= 4 is 5.91 Å². The molecule has 0 spiro atoms. The van der Waals surface area contributed by atoms with Crippen LogP contribution in [0.25, 0.3) is 0 Å².